The van der Waals surface area contributed by atoms with Crippen molar-refractivity contribution in [3.63, 3.8) is 0 Å². The highest BCUT2D eigenvalue weighted by Crippen LogP contribution is 2.36. The van der Waals surface area contributed by atoms with E-state index >= 15 is 0 Å². The maximum Gasteiger partial charge on any atom is 0.247 e. The van der Waals surface area contributed by atoms with Gasteiger partial charge in [0.05, 0.1) is 5.54 Å². The van der Waals surface area contributed by atoms with Gasteiger partial charge in [0.2, 0.25) is 11.7 Å². The van der Waals surface area contributed by atoms with Crippen LogP contribution in [0.2, 0.25) is 0 Å². The van der Waals surface area contributed by atoms with Gasteiger partial charge in [-0.25, -0.2) is 0 Å². The van der Waals surface area contributed by atoms with Crippen molar-refractivity contribution in [2.24, 2.45) is 11.7 Å². The molecule has 1 saturated carbocycles. The summed E-state index contributed by atoms with van der Waals surface area (Å²) >= 11 is 0. The first kappa shape index (κ1) is 12.3. The smallest absolute Gasteiger partial charge is 0.247 e. The van der Waals surface area contributed by atoms with Gasteiger partial charge in [-0.15, -0.1) is 0 Å². The Bertz CT molecular complexity index is 544. The number of hydrogen-bond donors (Lipinski definition) is 1. The molecule has 2 aromatic heterocycles. The van der Waals surface area contributed by atoms with Gasteiger partial charge < -0.3 is 10.3 Å². The van der Waals surface area contributed by atoms with Gasteiger partial charge in [-0.1, -0.05) is 18.1 Å². The van der Waals surface area contributed by atoms with Crippen molar-refractivity contribution in [3.8, 4) is 11.5 Å². The zero-order valence-electron chi connectivity index (χ0n) is 11.0. The SMILES string of the molecule is CC1CCC(N)(c2nc(-c3ccccn3)no2)CC1. The Balaban J connectivity index is 1.85. The van der Waals surface area contributed by atoms with E-state index < -0.39 is 5.54 Å². The number of aromatic nitrogens is 3. The van der Waals surface area contributed by atoms with E-state index in [-0.39, 0.29) is 0 Å². The summed E-state index contributed by atoms with van der Waals surface area (Å²) in [7, 11) is 0. The molecule has 0 aromatic carbocycles. The fraction of sp³-hybridized carbons (Fsp3) is 0.500. The summed E-state index contributed by atoms with van der Waals surface area (Å²) in [5.41, 5.74) is 6.66. The van der Waals surface area contributed by atoms with Gasteiger partial charge >= 0.3 is 0 Å². The average molecular weight is 258 g/mol. The Hall–Kier alpha value is -1.75. The molecule has 0 aliphatic heterocycles. The predicted molar refractivity (Wildman–Crippen MR) is 71.0 cm³/mol. The molecule has 100 valence electrons. The Morgan fingerprint density at radius 1 is 1.32 bits per heavy atom. The number of nitrogens with zero attached hydrogens (tertiary/aromatic N) is 3. The highest BCUT2D eigenvalue weighted by atomic mass is 16.5. The van der Waals surface area contributed by atoms with Gasteiger partial charge in [0.25, 0.3) is 0 Å². The second-order valence-corrected chi connectivity index (χ2v) is 5.48. The number of hydrogen-bond acceptors (Lipinski definition) is 5. The van der Waals surface area contributed by atoms with Gasteiger partial charge in [0, 0.05) is 6.20 Å². The van der Waals surface area contributed by atoms with E-state index in [9.17, 15) is 0 Å². The predicted octanol–water partition coefficient (Wildman–Crippen LogP) is 2.50. The van der Waals surface area contributed by atoms with Crippen LogP contribution >= 0.6 is 0 Å². The van der Waals surface area contributed by atoms with Crippen molar-refractivity contribution in [3.05, 3.63) is 30.3 Å². The molecule has 5 heteroatoms. The topological polar surface area (TPSA) is 77.8 Å². The van der Waals surface area contributed by atoms with E-state index in [1.807, 2.05) is 18.2 Å². The van der Waals surface area contributed by atoms with Gasteiger partial charge in [-0.05, 0) is 43.7 Å². The molecule has 19 heavy (non-hydrogen) atoms. The monoisotopic (exact) mass is 258 g/mol. The van der Waals surface area contributed by atoms with Gasteiger partial charge in [0.15, 0.2) is 0 Å². The first-order valence-electron chi connectivity index (χ1n) is 6.72. The highest BCUT2D eigenvalue weighted by molar-refractivity contribution is 5.47. The van der Waals surface area contributed by atoms with Crippen molar-refractivity contribution < 1.29 is 4.52 Å². The first-order valence-corrected chi connectivity index (χ1v) is 6.72. The van der Waals surface area contributed by atoms with Gasteiger partial charge in [-0.3, -0.25) is 4.98 Å². The molecule has 5 nitrogen and oxygen atoms in total. The van der Waals surface area contributed by atoms with Crippen LogP contribution in [0.5, 0.6) is 0 Å². The van der Waals surface area contributed by atoms with Gasteiger partial charge in [0.1, 0.15) is 5.69 Å². The molecule has 1 fully saturated rings. The third-order valence-electron chi connectivity index (χ3n) is 3.91. The summed E-state index contributed by atoms with van der Waals surface area (Å²) in [6, 6.07) is 5.62. The number of pyridine rings is 1. The Morgan fingerprint density at radius 2 is 2.11 bits per heavy atom. The molecule has 1 aliphatic carbocycles. The van der Waals surface area contributed by atoms with Crippen molar-refractivity contribution >= 4 is 0 Å². The zero-order chi connectivity index (χ0) is 13.3. The molecule has 2 heterocycles. The molecule has 0 unspecified atom stereocenters. The summed E-state index contributed by atoms with van der Waals surface area (Å²) in [5, 5.41) is 4.00. The third kappa shape index (κ3) is 2.38. The quantitative estimate of drug-likeness (QED) is 0.895. The minimum absolute atomic E-state index is 0.466. The van der Waals surface area contributed by atoms with E-state index in [1.165, 1.54) is 0 Å². The molecule has 0 atom stereocenters. The standard InChI is InChI=1S/C14H18N4O/c1-10-5-7-14(15,8-6-10)13-17-12(18-19-13)11-4-2-3-9-16-11/h2-4,9-10H,5-8,15H2,1H3. The fourth-order valence-electron chi connectivity index (χ4n) is 2.52. The highest BCUT2D eigenvalue weighted by Gasteiger charge is 2.37. The van der Waals surface area contributed by atoms with Crippen LogP contribution in [0.1, 0.15) is 38.5 Å². The molecule has 0 amide bonds. The van der Waals surface area contributed by atoms with Crippen molar-refractivity contribution in [2.75, 3.05) is 0 Å². The molecule has 1 aliphatic rings. The molecule has 0 spiro atoms. The van der Waals surface area contributed by atoms with E-state index in [2.05, 4.69) is 22.0 Å². The average Bonchev–Trinajstić information content (AvgIpc) is 2.94. The molecule has 0 bridgehead atoms. The molecule has 0 radical (unpaired) electrons. The summed E-state index contributed by atoms with van der Waals surface area (Å²) in [5.74, 6) is 1.79. The Morgan fingerprint density at radius 3 is 2.79 bits per heavy atom. The Kier molecular flexibility index (Phi) is 3.06. The van der Waals surface area contributed by atoms with E-state index in [0.717, 1.165) is 31.6 Å². The third-order valence-corrected chi connectivity index (χ3v) is 3.91. The lowest BCUT2D eigenvalue weighted by atomic mass is 9.78. The lowest BCUT2D eigenvalue weighted by Crippen LogP contribution is -2.40. The van der Waals surface area contributed by atoms with Crippen LogP contribution in [-0.2, 0) is 5.54 Å². The lowest BCUT2D eigenvalue weighted by molar-refractivity contribution is 0.190. The molecule has 3 rings (SSSR count). The van der Waals surface area contributed by atoms with Crippen molar-refractivity contribution in [1.29, 1.82) is 0 Å². The van der Waals surface area contributed by atoms with E-state index in [1.54, 1.807) is 6.20 Å². The lowest BCUT2D eigenvalue weighted by Gasteiger charge is -2.32. The Labute approximate surface area is 112 Å². The summed E-state index contributed by atoms with van der Waals surface area (Å²) in [6.07, 6.45) is 5.73. The number of rotatable bonds is 2. The van der Waals surface area contributed by atoms with Crippen LogP contribution in [0.4, 0.5) is 0 Å². The van der Waals surface area contributed by atoms with Crippen LogP contribution in [0.3, 0.4) is 0 Å². The first-order chi connectivity index (χ1) is 9.17. The maximum atomic E-state index is 6.42. The summed E-state index contributed by atoms with van der Waals surface area (Å²) in [4.78, 5) is 8.65. The van der Waals surface area contributed by atoms with E-state index in [0.29, 0.717) is 17.4 Å². The fourth-order valence-corrected chi connectivity index (χ4v) is 2.52. The maximum absolute atomic E-state index is 6.42. The minimum atomic E-state index is -0.466. The summed E-state index contributed by atoms with van der Waals surface area (Å²) < 4.78 is 5.37. The van der Waals surface area contributed by atoms with Crippen LogP contribution in [0.15, 0.2) is 28.9 Å². The molecule has 2 N–H and O–H groups in total. The van der Waals surface area contributed by atoms with Crippen molar-refractivity contribution in [1.82, 2.24) is 15.1 Å². The number of nitrogens with two attached hydrogens (primary N) is 1. The van der Waals surface area contributed by atoms with Gasteiger partial charge in [-0.2, -0.15) is 4.98 Å². The van der Waals surface area contributed by atoms with Crippen molar-refractivity contribution in [2.45, 2.75) is 38.1 Å². The van der Waals surface area contributed by atoms with Crippen LogP contribution in [-0.4, -0.2) is 15.1 Å². The molecule has 2 aromatic rings. The second-order valence-electron chi connectivity index (χ2n) is 5.48. The zero-order valence-corrected chi connectivity index (χ0v) is 11.0. The minimum Gasteiger partial charge on any atom is -0.337 e. The second kappa shape index (κ2) is 4.74. The van der Waals surface area contributed by atoms with E-state index in [4.69, 9.17) is 10.3 Å². The summed E-state index contributed by atoms with van der Waals surface area (Å²) in [6.45, 7) is 2.26. The molecule has 0 saturated heterocycles. The van der Waals surface area contributed by atoms with Crippen LogP contribution in [0, 0.1) is 5.92 Å². The molecular formula is C14H18N4O. The largest absolute Gasteiger partial charge is 0.337 e. The van der Waals surface area contributed by atoms with Crippen LogP contribution in [0.25, 0.3) is 11.5 Å². The van der Waals surface area contributed by atoms with Crippen LogP contribution < -0.4 is 5.73 Å². The normalized spacial score (nSPS) is 27.4. The molecular weight excluding hydrogens is 240 g/mol.